The smallest absolute Gasteiger partial charge is 0.407 e. The van der Waals surface area contributed by atoms with E-state index in [1.165, 1.54) is 0 Å². The summed E-state index contributed by atoms with van der Waals surface area (Å²) < 4.78 is 4.99. The molecule has 0 heterocycles. The predicted molar refractivity (Wildman–Crippen MR) is 72.5 cm³/mol. The first-order chi connectivity index (χ1) is 8.31. The standard InChI is InChI=1S/C13H20BrNO3/c1-13(2,3)18-12(17)15-10-6-4-9(5-7-10)11(16)8-14/h1,9-10H,4-8H2,2-3H3,(H,15,17). The van der Waals surface area contributed by atoms with Crippen LogP contribution in [0.25, 0.3) is 0 Å². The summed E-state index contributed by atoms with van der Waals surface area (Å²) in [6, 6.07) is 0.0826. The number of Topliss-reactive ketones (excluding diaryl/α,β-unsaturated/α-hetero) is 1. The van der Waals surface area contributed by atoms with Crippen LogP contribution in [0.4, 0.5) is 4.79 Å². The number of ketones is 1. The van der Waals surface area contributed by atoms with Gasteiger partial charge in [-0.2, -0.15) is 0 Å². The van der Waals surface area contributed by atoms with E-state index in [4.69, 9.17) is 11.7 Å². The molecular formula is C13H20BrNO3. The van der Waals surface area contributed by atoms with Crippen LogP contribution in [0.2, 0.25) is 0 Å². The van der Waals surface area contributed by atoms with E-state index in [1.807, 2.05) is 0 Å². The molecule has 102 valence electrons. The fourth-order valence-electron chi connectivity index (χ4n) is 2.10. The van der Waals surface area contributed by atoms with Gasteiger partial charge >= 0.3 is 6.09 Å². The Bertz CT molecular complexity index is 304. The van der Waals surface area contributed by atoms with Gasteiger partial charge < -0.3 is 10.1 Å². The summed E-state index contributed by atoms with van der Waals surface area (Å²) in [5.74, 6) is 0.378. The number of hydrogen-bond acceptors (Lipinski definition) is 3. The SMILES string of the molecule is [CH]C(C)(C)OC(=O)NC1CCC(C(=O)CBr)CC1. The number of carbonyl (C=O) groups is 2. The molecule has 0 bridgehead atoms. The fourth-order valence-corrected chi connectivity index (χ4v) is 2.56. The molecule has 1 aliphatic rings. The van der Waals surface area contributed by atoms with Crippen molar-refractivity contribution in [1.29, 1.82) is 0 Å². The van der Waals surface area contributed by atoms with Crippen molar-refractivity contribution in [2.75, 3.05) is 5.33 Å². The van der Waals surface area contributed by atoms with Crippen LogP contribution in [0.1, 0.15) is 39.5 Å². The van der Waals surface area contributed by atoms with Crippen LogP contribution in [0.5, 0.6) is 0 Å². The van der Waals surface area contributed by atoms with E-state index < -0.39 is 11.7 Å². The van der Waals surface area contributed by atoms with Crippen LogP contribution in [-0.4, -0.2) is 28.8 Å². The van der Waals surface area contributed by atoms with Crippen LogP contribution in [-0.2, 0) is 9.53 Å². The molecule has 1 aliphatic carbocycles. The van der Waals surface area contributed by atoms with Gasteiger partial charge in [-0.15, -0.1) is 0 Å². The summed E-state index contributed by atoms with van der Waals surface area (Å²) >= 11 is 3.19. The first-order valence-corrected chi connectivity index (χ1v) is 7.31. The minimum atomic E-state index is -0.965. The Morgan fingerprint density at radius 1 is 1.33 bits per heavy atom. The molecule has 0 aromatic heterocycles. The van der Waals surface area contributed by atoms with Crippen molar-refractivity contribution >= 4 is 27.8 Å². The third-order valence-electron chi connectivity index (χ3n) is 2.99. The van der Waals surface area contributed by atoms with E-state index >= 15 is 0 Å². The number of rotatable bonds is 4. The lowest BCUT2D eigenvalue weighted by Gasteiger charge is -2.29. The summed E-state index contributed by atoms with van der Waals surface area (Å²) in [4.78, 5) is 23.0. The van der Waals surface area contributed by atoms with Crippen molar-refractivity contribution in [3.8, 4) is 0 Å². The molecule has 1 saturated carbocycles. The van der Waals surface area contributed by atoms with Gasteiger partial charge in [0, 0.05) is 18.9 Å². The summed E-state index contributed by atoms with van der Waals surface area (Å²) in [5, 5.41) is 3.20. The Morgan fingerprint density at radius 3 is 2.33 bits per heavy atom. The van der Waals surface area contributed by atoms with Crippen molar-refractivity contribution in [1.82, 2.24) is 5.32 Å². The first kappa shape index (κ1) is 15.5. The Balaban J connectivity index is 2.31. The molecule has 1 N–H and O–H groups in total. The van der Waals surface area contributed by atoms with Crippen molar-refractivity contribution < 1.29 is 14.3 Å². The zero-order valence-corrected chi connectivity index (χ0v) is 12.5. The third-order valence-corrected chi connectivity index (χ3v) is 3.54. The van der Waals surface area contributed by atoms with Crippen LogP contribution < -0.4 is 5.32 Å². The minimum absolute atomic E-state index is 0.0826. The van der Waals surface area contributed by atoms with Gasteiger partial charge in [-0.05, 0) is 39.5 Å². The lowest BCUT2D eigenvalue weighted by molar-refractivity contribution is -0.121. The molecular weight excluding hydrogens is 298 g/mol. The van der Waals surface area contributed by atoms with Crippen LogP contribution >= 0.6 is 15.9 Å². The van der Waals surface area contributed by atoms with E-state index in [1.54, 1.807) is 13.8 Å². The number of alkyl halides is 1. The van der Waals surface area contributed by atoms with E-state index in [9.17, 15) is 9.59 Å². The lowest BCUT2D eigenvalue weighted by atomic mass is 9.84. The molecule has 18 heavy (non-hydrogen) atoms. The number of halogens is 1. The highest BCUT2D eigenvalue weighted by Gasteiger charge is 2.27. The molecule has 0 aliphatic heterocycles. The molecule has 4 nitrogen and oxygen atoms in total. The Kier molecular flexibility index (Phi) is 5.63. The van der Waals surface area contributed by atoms with Gasteiger partial charge in [0.05, 0.1) is 5.33 Å². The highest BCUT2D eigenvalue weighted by molar-refractivity contribution is 9.09. The van der Waals surface area contributed by atoms with Gasteiger partial charge in [0.1, 0.15) is 11.4 Å². The van der Waals surface area contributed by atoms with Crippen molar-refractivity contribution in [2.45, 2.75) is 51.2 Å². The molecule has 0 spiro atoms. The maximum absolute atomic E-state index is 11.5. The largest absolute Gasteiger partial charge is 0.443 e. The maximum atomic E-state index is 11.5. The second-order valence-corrected chi connectivity index (χ2v) is 5.85. The molecule has 0 atom stereocenters. The number of hydrogen-bond donors (Lipinski definition) is 1. The van der Waals surface area contributed by atoms with Gasteiger partial charge in [0.15, 0.2) is 0 Å². The number of alkyl carbamates (subject to hydrolysis) is 1. The Labute approximate surface area is 117 Å². The van der Waals surface area contributed by atoms with Gasteiger partial charge in [-0.3, -0.25) is 4.79 Å². The topological polar surface area (TPSA) is 55.4 Å². The Morgan fingerprint density at radius 2 is 1.89 bits per heavy atom. The molecule has 0 aromatic carbocycles. The second kappa shape index (κ2) is 6.55. The van der Waals surface area contributed by atoms with Gasteiger partial charge in [-0.25, -0.2) is 4.79 Å². The van der Waals surface area contributed by atoms with Gasteiger partial charge in [0.25, 0.3) is 0 Å². The molecule has 5 heteroatoms. The van der Waals surface area contributed by atoms with Crippen LogP contribution in [0.3, 0.4) is 0 Å². The number of ether oxygens (including phenoxy) is 1. The molecule has 1 amide bonds. The third kappa shape index (κ3) is 5.38. The quantitative estimate of drug-likeness (QED) is 0.811. The molecule has 2 radical (unpaired) electrons. The van der Waals surface area contributed by atoms with Gasteiger partial charge in [-0.1, -0.05) is 15.9 Å². The zero-order valence-electron chi connectivity index (χ0n) is 10.9. The number of carbonyl (C=O) groups excluding carboxylic acids is 2. The summed E-state index contributed by atoms with van der Waals surface area (Å²) in [7, 11) is 0. The Hall–Kier alpha value is -0.580. The molecule has 0 aromatic rings. The second-order valence-electron chi connectivity index (χ2n) is 5.29. The summed E-state index contributed by atoms with van der Waals surface area (Å²) in [6.45, 7) is 8.83. The fraction of sp³-hybridized carbons (Fsp3) is 0.769. The predicted octanol–water partition coefficient (Wildman–Crippen LogP) is 2.73. The van der Waals surface area contributed by atoms with Crippen molar-refractivity contribution in [3.63, 3.8) is 0 Å². The molecule has 1 rings (SSSR count). The number of nitrogens with one attached hydrogen (secondary N) is 1. The summed E-state index contributed by atoms with van der Waals surface area (Å²) in [6.07, 6.45) is 2.77. The molecule has 1 fully saturated rings. The average molecular weight is 318 g/mol. The van der Waals surface area contributed by atoms with E-state index in [0.717, 1.165) is 25.7 Å². The maximum Gasteiger partial charge on any atom is 0.407 e. The molecule has 0 saturated heterocycles. The normalized spacial score (nSPS) is 24.4. The van der Waals surface area contributed by atoms with E-state index in [2.05, 4.69) is 21.2 Å². The van der Waals surface area contributed by atoms with Crippen LogP contribution in [0.15, 0.2) is 0 Å². The zero-order chi connectivity index (χ0) is 13.8. The average Bonchev–Trinajstić information content (AvgIpc) is 2.26. The minimum Gasteiger partial charge on any atom is -0.443 e. The van der Waals surface area contributed by atoms with Crippen molar-refractivity contribution in [2.24, 2.45) is 5.92 Å². The lowest BCUT2D eigenvalue weighted by Crippen LogP contribution is -2.41. The first-order valence-electron chi connectivity index (χ1n) is 6.19. The molecule has 0 unspecified atom stereocenters. The highest BCUT2D eigenvalue weighted by Crippen LogP contribution is 2.25. The highest BCUT2D eigenvalue weighted by atomic mass is 79.9. The number of amides is 1. The van der Waals surface area contributed by atoms with Gasteiger partial charge in [0.2, 0.25) is 0 Å². The van der Waals surface area contributed by atoms with Crippen LogP contribution in [0, 0.1) is 12.8 Å². The van der Waals surface area contributed by atoms with Crippen molar-refractivity contribution in [3.05, 3.63) is 6.92 Å². The van der Waals surface area contributed by atoms with E-state index in [-0.39, 0.29) is 17.7 Å². The van der Waals surface area contributed by atoms with E-state index in [0.29, 0.717) is 5.33 Å². The summed E-state index contributed by atoms with van der Waals surface area (Å²) in [5.41, 5.74) is -0.965. The monoisotopic (exact) mass is 317 g/mol.